The highest BCUT2D eigenvalue weighted by Gasteiger charge is 2.15. The molecule has 3 rings (SSSR count). The Bertz CT molecular complexity index is 691. The highest BCUT2D eigenvalue weighted by molar-refractivity contribution is 7.98. The molecule has 23 heavy (non-hydrogen) atoms. The van der Waals surface area contributed by atoms with E-state index in [1.54, 1.807) is 36.0 Å². The van der Waals surface area contributed by atoms with E-state index in [1.807, 2.05) is 18.2 Å². The molecule has 0 saturated heterocycles. The zero-order chi connectivity index (χ0) is 16.1. The number of halogens is 2. The van der Waals surface area contributed by atoms with Gasteiger partial charge in [0.1, 0.15) is 11.6 Å². The fraction of sp³-hybridized carbons (Fsp3) is 0.100. The molecule has 3 heteroatoms. The summed E-state index contributed by atoms with van der Waals surface area (Å²) in [6.45, 7) is 0. The van der Waals surface area contributed by atoms with Crippen molar-refractivity contribution in [3.63, 3.8) is 0 Å². The van der Waals surface area contributed by atoms with Crippen molar-refractivity contribution in [2.75, 3.05) is 0 Å². The average Bonchev–Trinajstić information content (AvgIpc) is 2.59. The van der Waals surface area contributed by atoms with Crippen LogP contribution in [-0.4, -0.2) is 0 Å². The van der Waals surface area contributed by atoms with Crippen LogP contribution in [0.5, 0.6) is 0 Å². The van der Waals surface area contributed by atoms with Gasteiger partial charge in [-0.25, -0.2) is 8.78 Å². The fourth-order valence-electron chi connectivity index (χ4n) is 2.41. The normalized spacial score (nSPS) is 10.9. The van der Waals surface area contributed by atoms with E-state index < -0.39 is 0 Å². The predicted octanol–water partition coefficient (Wildman–Crippen LogP) is 5.99. The molecule has 3 aromatic carbocycles. The Morgan fingerprint density at radius 3 is 1.61 bits per heavy atom. The average molecular weight is 326 g/mol. The monoisotopic (exact) mass is 326 g/mol. The third-order valence-electron chi connectivity index (χ3n) is 3.61. The molecule has 0 fully saturated rings. The summed E-state index contributed by atoms with van der Waals surface area (Å²) in [7, 11) is 0. The molecular weight excluding hydrogens is 310 g/mol. The van der Waals surface area contributed by atoms with E-state index in [4.69, 9.17) is 0 Å². The van der Waals surface area contributed by atoms with Crippen LogP contribution in [0.25, 0.3) is 0 Å². The molecule has 0 nitrogen and oxygen atoms in total. The first-order valence-corrected chi connectivity index (χ1v) is 8.44. The van der Waals surface area contributed by atoms with Gasteiger partial charge < -0.3 is 0 Å². The van der Waals surface area contributed by atoms with E-state index >= 15 is 0 Å². The smallest absolute Gasteiger partial charge is 0.123 e. The lowest BCUT2D eigenvalue weighted by molar-refractivity contribution is 0.626. The van der Waals surface area contributed by atoms with Gasteiger partial charge in [-0.15, -0.1) is 11.8 Å². The number of thioether (sulfide) groups is 1. The van der Waals surface area contributed by atoms with Crippen molar-refractivity contribution in [2.45, 2.75) is 11.0 Å². The molecule has 0 atom stereocenters. The molecule has 0 aliphatic rings. The van der Waals surface area contributed by atoms with Crippen molar-refractivity contribution in [2.24, 2.45) is 0 Å². The standard InChI is InChI=1S/C20H16F2S/c21-18-10-6-16(7-11-18)20(17-8-12-19(22)13-9-17)23-14-15-4-2-1-3-5-15/h1-13,20H,14H2. The largest absolute Gasteiger partial charge is 0.207 e. The minimum Gasteiger partial charge on any atom is -0.207 e. The van der Waals surface area contributed by atoms with E-state index in [0.717, 1.165) is 16.9 Å². The Hall–Kier alpha value is -2.13. The van der Waals surface area contributed by atoms with Gasteiger partial charge in [0.15, 0.2) is 0 Å². The van der Waals surface area contributed by atoms with Crippen LogP contribution >= 0.6 is 11.8 Å². The van der Waals surface area contributed by atoms with E-state index in [0.29, 0.717) is 0 Å². The first-order valence-electron chi connectivity index (χ1n) is 7.39. The number of benzene rings is 3. The Balaban J connectivity index is 1.86. The van der Waals surface area contributed by atoms with E-state index in [1.165, 1.54) is 29.8 Å². The zero-order valence-corrected chi connectivity index (χ0v) is 13.3. The number of rotatable bonds is 5. The van der Waals surface area contributed by atoms with Crippen molar-refractivity contribution in [3.05, 3.63) is 107 Å². The lowest BCUT2D eigenvalue weighted by atomic mass is 10.0. The maximum absolute atomic E-state index is 13.2. The molecule has 0 aliphatic heterocycles. The van der Waals surface area contributed by atoms with Crippen molar-refractivity contribution >= 4 is 11.8 Å². The second kappa shape index (κ2) is 7.42. The van der Waals surface area contributed by atoms with Gasteiger partial charge in [-0.05, 0) is 41.0 Å². The van der Waals surface area contributed by atoms with Crippen molar-refractivity contribution in [1.82, 2.24) is 0 Å². The van der Waals surface area contributed by atoms with Crippen molar-refractivity contribution in [1.29, 1.82) is 0 Å². The van der Waals surface area contributed by atoms with Crippen molar-refractivity contribution in [3.8, 4) is 0 Å². The van der Waals surface area contributed by atoms with E-state index in [2.05, 4.69) is 12.1 Å². The maximum Gasteiger partial charge on any atom is 0.123 e. The Kier molecular flexibility index (Phi) is 5.09. The third-order valence-corrected chi connectivity index (χ3v) is 4.98. The molecule has 0 spiro atoms. The van der Waals surface area contributed by atoms with Crippen LogP contribution < -0.4 is 0 Å². The fourth-order valence-corrected chi connectivity index (χ4v) is 3.66. The summed E-state index contributed by atoms with van der Waals surface area (Å²) < 4.78 is 26.4. The summed E-state index contributed by atoms with van der Waals surface area (Å²) in [6.07, 6.45) is 0. The van der Waals surface area contributed by atoms with Crippen LogP contribution in [0, 0.1) is 11.6 Å². The van der Waals surface area contributed by atoms with Gasteiger partial charge in [0.05, 0.1) is 5.25 Å². The summed E-state index contributed by atoms with van der Waals surface area (Å²) in [6, 6.07) is 23.2. The highest BCUT2D eigenvalue weighted by atomic mass is 32.2. The Morgan fingerprint density at radius 1 is 0.652 bits per heavy atom. The Labute approximate surface area is 139 Å². The van der Waals surface area contributed by atoms with E-state index in [-0.39, 0.29) is 16.9 Å². The molecular formula is C20H16F2S. The molecule has 0 unspecified atom stereocenters. The van der Waals surface area contributed by atoms with Gasteiger partial charge in [0, 0.05) is 5.75 Å². The highest BCUT2D eigenvalue weighted by Crippen LogP contribution is 2.37. The third kappa shape index (κ3) is 4.20. The van der Waals surface area contributed by atoms with Crippen LogP contribution in [0.3, 0.4) is 0 Å². The van der Waals surface area contributed by atoms with Gasteiger partial charge >= 0.3 is 0 Å². The summed E-state index contributed by atoms with van der Waals surface area (Å²) in [5, 5.41) is 0.0383. The van der Waals surface area contributed by atoms with Crippen LogP contribution in [-0.2, 0) is 5.75 Å². The van der Waals surface area contributed by atoms with Crippen LogP contribution in [0.1, 0.15) is 21.9 Å². The summed E-state index contributed by atoms with van der Waals surface area (Å²) >= 11 is 1.75. The first kappa shape index (κ1) is 15.8. The molecule has 0 aromatic heterocycles. The number of hydrogen-bond acceptors (Lipinski definition) is 1. The lowest BCUT2D eigenvalue weighted by Gasteiger charge is -2.18. The molecule has 0 radical (unpaired) electrons. The maximum atomic E-state index is 13.2. The van der Waals surface area contributed by atoms with Gasteiger partial charge in [-0.1, -0.05) is 54.6 Å². The first-order chi connectivity index (χ1) is 11.2. The van der Waals surface area contributed by atoms with Gasteiger partial charge in [0.2, 0.25) is 0 Å². The molecule has 0 aliphatic carbocycles. The summed E-state index contributed by atoms with van der Waals surface area (Å²) in [5.41, 5.74) is 3.25. The molecule has 0 N–H and O–H groups in total. The zero-order valence-electron chi connectivity index (χ0n) is 12.5. The van der Waals surface area contributed by atoms with Gasteiger partial charge in [0.25, 0.3) is 0 Å². The minimum absolute atomic E-state index is 0.0383. The molecule has 0 amide bonds. The quantitative estimate of drug-likeness (QED) is 0.555. The topological polar surface area (TPSA) is 0 Å². The number of hydrogen-bond donors (Lipinski definition) is 0. The predicted molar refractivity (Wildman–Crippen MR) is 92.4 cm³/mol. The Morgan fingerprint density at radius 2 is 1.13 bits per heavy atom. The molecule has 116 valence electrons. The van der Waals surface area contributed by atoms with Crippen LogP contribution in [0.2, 0.25) is 0 Å². The van der Waals surface area contributed by atoms with Crippen LogP contribution in [0.4, 0.5) is 8.78 Å². The molecule has 0 bridgehead atoms. The summed E-state index contributed by atoms with van der Waals surface area (Å²) in [5.74, 6) is 0.333. The molecule has 3 aromatic rings. The van der Waals surface area contributed by atoms with Crippen molar-refractivity contribution < 1.29 is 8.78 Å². The summed E-state index contributed by atoms with van der Waals surface area (Å²) in [4.78, 5) is 0. The molecule has 0 heterocycles. The lowest BCUT2D eigenvalue weighted by Crippen LogP contribution is -1.98. The van der Waals surface area contributed by atoms with Gasteiger partial charge in [-0.3, -0.25) is 0 Å². The van der Waals surface area contributed by atoms with Gasteiger partial charge in [-0.2, -0.15) is 0 Å². The minimum atomic E-state index is -0.250. The second-order valence-corrected chi connectivity index (χ2v) is 6.37. The second-order valence-electron chi connectivity index (χ2n) is 5.28. The van der Waals surface area contributed by atoms with Crippen LogP contribution in [0.15, 0.2) is 78.9 Å². The SMILES string of the molecule is Fc1ccc(C(SCc2ccccc2)c2ccc(F)cc2)cc1. The molecule has 0 saturated carbocycles. The van der Waals surface area contributed by atoms with E-state index in [9.17, 15) is 8.78 Å².